The monoisotopic (exact) mass is 334 g/mol. The number of aliphatic hydroxyl groups excluding tert-OH is 1. The van der Waals surface area contributed by atoms with Crippen molar-refractivity contribution < 1.29 is 27.5 Å². The Morgan fingerprint density at radius 2 is 1.96 bits per heavy atom. The zero-order chi connectivity index (χ0) is 17.2. The number of rotatable bonds is 2. The van der Waals surface area contributed by atoms with Gasteiger partial charge in [-0.25, -0.2) is 9.18 Å². The van der Waals surface area contributed by atoms with Crippen molar-refractivity contribution in [3.8, 4) is 0 Å². The fourth-order valence-corrected chi connectivity index (χ4v) is 2.65. The molecule has 1 saturated heterocycles. The molecule has 1 aliphatic rings. The van der Waals surface area contributed by atoms with Gasteiger partial charge in [-0.2, -0.15) is 13.2 Å². The van der Waals surface area contributed by atoms with Gasteiger partial charge in [-0.05, 0) is 49.4 Å². The second-order valence-corrected chi connectivity index (χ2v) is 5.70. The molecule has 0 radical (unpaired) electrons. The van der Waals surface area contributed by atoms with Gasteiger partial charge < -0.3 is 15.3 Å². The number of alkyl halides is 3. The van der Waals surface area contributed by atoms with Crippen molar-refractivity contribution in [3.63, 3.8) is 0 Å². The first-order valence-electron chi connectivity index (χ1n) is 7.25. The number of piperidine rings is 1. The van der Waals surface area contributed by atoms with Gasteiger partial charge in [-0.15, -0.1) is 0 Å². The van der Waals surface area contributed by atoms with Crippen LogP contribution in [0.2, 0.25) is 0 Å². The van der Waals surface area contributed by atoms with E-state index in [-0.39, 0.29) is 25.9 Å². The largest absolute Gasteiger partial charge is 0.414 e. The van der Waals surface area contributed by atoms with Crippen LogP contribution < -0.4 is 5.32 Å². The van der Waals surface area contributed by atoms with E-state index < -0.39 is 30.0 Å². The number of hydrogen-bond acceptors (Lipinski definition) is 2. The fourth-order valence-electron chi connectivity index (χ4n) is 2.65. The third-order valence-electron chi connectivity index (χ3n) is 4.04. The van der Waals surface area contributed by atoms with Gasteiger partial charge in [0.25, 0.3) is 0 Å². The molecule has 2 N–H and O–H groups in total. The molecule has 0 aliphatic carbocycles. The third-order valence-corrected chi connectivity index (χ3v) is 4.04. The maximum absolute atomic E-state index is 13.0. The number of benzene rings is 1. The van der Waals surface area contributed by atoms with Crippen LogP contribution in [0, 0.1) is 18.7 Å². The highest BCUT2D eigenvalue weighted by Crippen LogP contribution is 2.31. The maximum Gasteiger partial charge on any atom is 0.414 e. The van der Waals surface area contributed by atoms with Gasteiger partial charge in [0.2, 0.25) is 0 Å². The summed E-state index contributed by atoms with van der Waals surface area (Å²) in [6.45, 7) is 1.90. The summed E-state index contributed by atoms with van der Waals surface area (Å²) in [5.74, 6) is -1.31. The van der Waals surface area contributed by atoms with Crippen LogP contribution in [-0.4, -0.2) is 41.4 Å². The summed E-state index contributed by atoms with van der Waals surface area (Å²) in [7, 11) is 0. The second-order valence-electron chi connectivity index (χ2n) is 5.70. The normalized spacial score (nSPS) is 17.9. The van der Waals surface area contributed by atoms with Gasteiger partial charge in [0, 0.05) is 18.8 Å². The average molecular weight is 334 g/mol. The molecule has 2 rings (SSSR count). The Hall–Kier alpha value is -1.83. The number of urea groups is 1. The number of carbonyl (C=O) groups excluding carboxylic acids is 1. The minimum Gasteiger partial charge on any atom is -0.383 e. The number of likely N-dealkylation sites (tertiary alicyclic amines) is 1. The lowest BCUT2D eigenvalue weighted by Crippen LogP contribution is -2.46. The first-order valence-corrected chi connectivity index (χ1v) is 7.25. The van der Waals surface area contributed by atoms with Gasteiger partial charge in [-0.3, -0.25) is 0 Å². The number of nitrogens with one attached hydrogen (secondary N) is 1. The molecule has 0 bridgehead atoms. The zero-order valence-corrected chi connectivity index (χ0v) is 12.5. The lowest BCUT2D eigenvalue weighted by atomic mass is 9.91. The molecule has 0 saturated carbocycles. The molecule has 1 fully saturated rings. The number of nitrogens with zero attached hydrogens (tertiary/aromatic N) is 1. The van der Waals surface area contributed by atoms with Crippen LogP contribution in [0.25, 0.3) is 0 Å². The van der Waals surface area contributed by atoms with Crippen LogP contribution in [0.15, 0.2) is 18.2 Å². The fraction of sp³-hybridized carbons (Fsp3) is 0.533. The molecule has 8 heteroatoms. The average Bonchev–Trinajstić information content (AvgIpc) is 2.48. The maximum atomic E-state index is 13.0. The summed E-state index contributed by atoms with van der Waals surface area (Å²) in [5.41, 5.74) is 1.01. The minimum absolute atomic E-state index is 0.0799. The Bertz CT molecular complexity index is 569. The molecule has 0 spiro atoms. The summed E-state index contributed by atoms with van der Waals surface area (Å²) >= 11 is 0. The van der Waals surface area contributed by atoms with E-state index in [0.717, 1.165) is 0 Å². The van der Waals surface area contributed by atoms with Crippen LogP contribution >= 0.6 is 0 Å². The molecule has 0 aromatic heterocycles. The number of aliphatic hydroxyl groups is 1. The summed E-state index contributed by atoms with van der Waals surface area (Å²) in [4.78, 5) is 13.5. The Morgan fingerprint density at radius 3 is 2.48 bits per heavy atom. The molecule has 23 heavy (non-hydrogen) atoms. The van der Waals surface area contributed by atoms with Gasteiger partial charge in [0.1, 0.15) is 5.82 Å². The van der Waals surface area contributed by atoms with Crippen molar-refractivity contribution in [2.45, 2.75) is 32.0 Å². The van der Waals surface area contributed by atoms with E-state index in [4.69, 9.17) is 0 Å². The standard InChI is InChI=1S/C15H18F4N2O2/c1-9-8-11(16)2-3-12(9)20-14(23)21-6-4-10(5-7-21)13(22)15(17,18)19/h2-3,8,10,13,22H,4-7H2,1H3,(H,20,23). The van der Waals surface area contributed by atoms with E-state index in [1.54, 1.807) is 6.92 Å². The molecule has 1 aromatic carbocycles. The molecule has 1 atom stereocenters. The smallest absolute Gasteiger partial charge is 0.383 e. The number of aryl methyl sites for hydroxylation is 1. The number of carbonyl (C=O) groups is 1. The number of amides is 2. The van der Waals surface area contributed by atoms with E-state index in [0.29, 0.717) is 11.3 Å². The summed E-state index contributed by atoms with van der Waals surface area (Å²) in [5, 5.41) is 11.9. The van der Waals surface area contributed by atoms with Gasteiger partial charge in [0.15, 0.2) is 6.10 Å². The predicted molar refractivity (Wildman–Crippen MR) is 76.5 cm³/mol. The van der Waals surface area contributed by atoms with Gasteiger partial charge >= 0.3 is 12.2 Å². The van der Waals surface area contributed by atoms with Crippen molar-refractivity contribution in [2.24, 2.45) is 5.92 Å². The van der Waals surface area contributed by atoms with Crippen molar-refractivity contribution >= 4 is 11.7 Å². The van der Waals surface area contributed by atoms with Crippen LogP contribution in [-0.2, 0) is 0 Å². The predicted octanol–water partition coefficient (Wildman–Crippen LogP) is 3.30. The Morgan fingerprint density at radius 1 is 1.35 bits per heavy atom. The highest BCUT2D eigenvalue weighted by atomic mass is 19.4. The van der Waals surface area contributed by atoms with E-state index in [1.807, 2.05) is 0 Å². The van der Waals surface area contributed by atoms with Crippen molar-refractivity contribution in [1.29, 1.82) is 0 Å². The van der Waals surface area contributed by atoms with E-state index in [2.05, 4.69) is 5.32 Å². The zero-order valence-electron chi connectivity index (χ0n) is 12.5. The molecule has 128 valence electrons. The summed E-state index contributed by atoms with van der Waals surface area (Å²) in [6, 6.07) is 3.48. The quantitative estimate of drug-likeness (QED) is 0.816. The molecule has 4 nitrogen and oxygen atoms in total. The SMILES string of the molecule is Cc1cc(F)ccc1NC(=O)N1CCC(C(O)C(F)(F)F)CC1. The molecule has 1 aliphatic heterocycles. The second kappa shape index (κ2) is 6.74. The van der Waals surface area contributed by atoms with Crippen LogP contribution in [0.5, 0.6) is 0 Å². The van der Waals surface area contributed by atoms with Crippen molar-refractivity contribution in [3.05, 3.63) is 29.6 Å². The Labute approximate surface area is 131 Å². The molecular weight excluding hydrogens is 316 g/mol. The van der Waals surface area contributed by atoms with Crippen LogP contribution in [0.4, 0.5) is 28.0 Å². The molecular formula is C15H18F4N2O2. The first kappa shape index (κ1) is 17.5. The van der Waals surface area contributed by atoms with Gasteiger partial charge in [-0.1, -0.05) is 0 Å². The molecule has 1 heterocycles. The van der Waals surface area contributed by atoms with Crippen LogP contribution in [0.3, 0.4) is 0 Å². The molecule has 2 amide bonds. The summed E-state index contributed by atoms with van der Waals surface area (Å²) < 4.78 is 50.5. The number of halogens is 4. The molecule has 1 aromatic rings. The Kier molecular flexibility index (Phi) is 5.13. The first-order chi connectivity index (χ1) is 10.7. The number of anilines is 1. The third kappa shape index (κ3) is 4.34. The lowest BCUT2D eigenvalue weighted by molar-refractivity contribution is -0.222. The van der Waals surface area contributed by atoms with Crippen molar-refractivity contribution in [1.82, 2.24) is 4.90 Å². The summed E-state index contributed by atoms with van der Waals surface area (Å²) in [6.07, 6.45) is -6.83. The minimum atomic E-state index is -4.64. The highest BCUT2D eigenvalue weighted by Gasteiger charge is 2.44. The van der Waals surface area contributed by atoms with Gasteiger partial charge in [0.05, 0.1) is 0 Å². The highest BCUT2D eigenvalue weighted by molar-refractivity contribution is 5.90. The van der Waals surface area contributed by atoms with E-state index >= 15 is 0 Å². The Balaban J connectivity index is 1.91. The number of hydrogen-bond donors (Lipinski definition) is 2. The lowest BCUT2D eigenvalue weighted by Gasteiger charge is -2.34. The van der Waals surface area contributed by atoms with Crippen molar-refractivity contribution in [2.75, 3.05) is 18.4 Å². The topological polar surface area (TPSA) is 52.6 Å². The van der Waals surface area contributed by atoms with E-state index in [9.17, 15) is 27.5 Å². The van der Waals surface area contributed by atoms with E-state index in [1.165, 1.54) is 23.1 Å². The molecule has 1 unspecified atom stereocenters. The van der Waals surface area contributed by atoms with Crippen LogP contribution in [0.1, 0.15) is 18.4 Å².